The van der Waals surface area contributed by atoms with E-state index < -0.39 is 160 Å². The quantitative estimate of drug-likeness (QED) is 0.0166. The average molecular weight is 1170 g/mol. The van der Waals surface area contributed by atoms with Crippen LogP contribution >= 0.6 is 0 Å². The maximum Gasteiger partial charge on any atom is 0.305 e. The summed E-state index contributed by atoms with van der Waals surface area (Å²) in [5.74, 6) is -14.7. The lowest BCUT2D eigenvalue weighted by molar-refractivity contribution is -0.142. The van der Waals surface area contributed by atoms with Crippen molar-refractivity contribution < 1.29 is 81.2 Å². The monoisotopic (exact) mass is 1170 g/mol. The summed E-state index contributed by atoms with van der Waals surface area (Å²) in [6, 6.07) is -8.39. The molecule has 1 aromatic rings. The first-order valence-electron chi connectivity index (χ1n) is 25.3. The second-order valence-electron chi connectivity index (χ2n) is 19.1. The summed E-state index contributed by atoms with van der Waals surface area (Å²) in [6.45, 7) is 5.66. The molecule has 454 valence electrons. The Morgan fingerprint density at radius 3 is 1.32 bits per heavy atom. The molecule has 0 spiro atoms. The number of hydrogen-bond donors (Lipinski definition) is 17. The van der Waals surface area contributed by atoms with E-state index in [0.717, 1.165) is 6.92 Å². The third kappa shape index (κ3) is 27.4. The van der Waals surface area contributed by atoms with Crippen LogP contribution in [0.2, 0.25) is 0 Å². The Morgan fingerprint density at radius 2 is 0.914 bits per heavy atom. The van der Waals surface area contributed by atoms with Gasteiger partial charge in [0.05, 0.1) is 26.6 Å². The number of methoxy groups -OCH3 is 1. The molecule has 0 fully saturated rings. The Kier molecular flexibility index (Phi) is 30.7. The van der Waals surface area contributed by atoms with Gasteiger partial charge in [0.25, 0.3) is 0 Å². The van der Waals surface area contributed by atoms with Gasteiger partial charge in [-0.05, 0) is 62.5 Å². The number of sulfonamides is 1. The Bertz CT molecular complexity index is 2540. The van der Waals surface area contributed by atoms with Gasteiger partial charge in [-0.25, -0.2) is 13.1 Å². The number of aliphatic carboxylic acids is 2. The van der Waals surface area contributed by atoms with E-state index in [1.165, 1.54) is 31.4 Å². The molecule has 9 amide bonds. The molecule has 0 aliphatic heterocycles. The average Bonchev–Trinajstić information content (AvgIpc) is 3.42. The number of nitrogens with zero attached hydrogens (tertiary/aromatic N) is 2. The van der Waals surface area contributed by atoms with Crippen molar-refractivity contribution >= 4 is 87.0 Å². The van der Waals surface area contributed by atoms with Gasteiger partial charge in [-0.1, -0.05) is 39.8 Å². The number of aliphatic imine (C=N–C) groups is 2. The number of carbonyl (C=O) groups excluding carboxylic acids is 9. The van der Waals surface area contributed by atoms with Crippen molar-refractivity contribution in [2.24, 2.45) is 50.5 Å². The van der Waals surface area contributed by atoms with Crippen LogP contribution in [0, 0.1) is 11.8 Å². The molecule has 1 rings (SSSR count). The SMILES string of the molecule is COc1ccccc1S(=O)(=O)NCC(NC(=O)[C@H](CCCN=C(N)N)NC(C)=O)C(=O)N[C@@H](CC(=O)O)C(=O)N[C@@H](CC(C)C)C(=O)N[C@@H](CC(=O)O)C(=O)N[C@@H](CO)C(=O)N[C@@H](CC(C)C)C(=O)N[C@@H](CCCN=C(N)N)C(N)=O. The minimum Gasteiger partial charge on any atom is -0.495 e. The molecule has 0 bridgehead atoms. The van der Waals surface area contributed by atoms with Gasteiger partial charge in [0, 0.05) is 26.6 Å². The molecule has 33 nitrogen and oxygen atoms in total. The third-order valence-electron chi connectivity index (χ3n) is 11.2. The largest absolute Gasteiger partial charge is 0.495 e. The van der Waals surface area contributed by atoms with Gasteiger partial charge in [-0.3, -0.25) is 62.7 Å². The Labute approximate surface area is 467 Å². The molecule has 81 heavy (non-hydrogen) atoms. The van der Waals surface area contributed by atoms with E-state index >= 15 is 0 Å². The van der Waals surface area contributed by atoms with Crippen LogP contribution in [0.4, 0.5) is 0 Å². The fourth-order valence-corrected chi connectivity index (χ4v) is 8.62. The molecule has 8 atom stereocenters. The molecule has 1 aromatic carbocycles. The van der Waals surface area contributed by atoms with Gasteiger partial charge in [0.15, 0.2) is 11.9 Å². The van der Waals surface area contributed by atoms with Crippen molar-refractivity contribution in [2.45, 2.75) is 139 Å². The number of carbonyl (C=O) groups is 11. The lowest BCUT2D eigenvalue weighted by Gasteiger charge is -2.28. The van der Waals surface area contributed by atoms with Gasteiger partial charge in [0.2, 0.25) is 63.2 Å². The van der Waals surface area contributed by atoms with E-state index in [0.29, 0.717) is 0 Å². The van der Waals surface area contributed by atoms with Gasteiger partial charge in [-0.2, -0.15) is 0 Å². The number of aliphatic hydroxyl groups is 1. The number of guanidine groups is 2. The molecular formula is C47H78N16O17S. The second kappa shape index (κ2) is 35.3. The zero-order valence-electron chi connectivity index (χ0n) is 45.8. The van der Waals surface area contributed by atoms with E-state index in [1.807, 2.05) is 0 Å². The Morgan fingerprint density at radius 1 is 0.543 bits per heavy atom. The zero-order valence-corrected chi connectivity index (χ0v) is 46.6. The van der Waals surface area contributed by atoms with Crippen molar-refractivity contribution in [3.63, 3.8) is 0 Å². The number of aliphatic hydroxyl groups excluding tert-OH is 1. The van der Waals surface area contributed by atoms with E-state index in [4.69, 9.17) is 33.4 Å². The van der Waals surface area contributed by atoms with E-state index in [1.54, 1.807) is 27.7 Å². The molecule has 0 radical (unpaired) electrons. The fraction of sp³-hybridized carbons (Fsp3) is 0.596. The molecule has 0 aliphatic carbocycles. The lowest BCUT2D eigenvalue weighted by Crippen LogP contribution is -2.62. The summed E-state index contributed by atoms with van der Waals surface area (Å²) in [7, 11) is -3.37. The first-order chi connectivity index (χ1) is 37.8. The highest BCUT2D eigenvalue weighted by atomic mass is 32.2. The van der Waals surface area contributed by atoms with Gasteiger partial charge < -0.3 is 91.3 Å². The zero-order chi connectivity index (χ0) is 61.7. The van der Waals surface area contributed by atoms with E-state index in [9.17, 15) is 76.5 Å². The highest BCUT2D eigenvalue weighted by Gasteiger charge is 2.37. The molecule has 0 saturated carbocycles. The minimum absolute atomic E-state index is 0.00348. The summed E-state index contributed by atoms with van der Waals surface area (Å²) in [5, 5.41) is 48.1. The predicted molar refractivity (Wildman–Crippen MR) is 289 cm³/mol. The predicted octanol–water partition coefficient (Wildman–Crippen LogP) is -6.50. The Balaban J connectivity index is 3.56. The van der Waals surface area contributed by atoms with Crippen LogP contribution in [0.15, 0.2) is 39.1 Å². The van der Waals surface area contributed by atoms with Crippen molar-refractivity contribution in [1.29, 1.82) is 0 Å². The molecule has 1 unspecified atom stereocenters. The second-order valence-corrected chi connectivity index (χ2v) is 20.9. The number of nitrogens with one attached hydrogen (secondary N) is 9. The van der Waals surface area contributed by atoms with Crippen LogP contribution < -0.4 is 80.7 Å². The number of para-hydroxylation sites is 1. The first kappa shape index (κ1) is 70.6. The Hall–Kier alpha value is -8.40. The van der Waals surface area contributed by atoms with Gasteiger partial charge in [0.1, 0.15) is 59.0 Å². The normalized spacial score (nSPS) is 14.1. The minimum atomic E-state index is -4.56. The van der Waals surface area contributed by atoms with Crippen LogP contribution in [0.3, 0.4) is 0 Å². The van der Waals surface area contributed by atoms with Crippen molar-refractivity contribution in [3.8, 4) is 5.75 Å². The van der Waals surface area contributed by atoms with Crippen molar-refractivity contribution in [3.05, 3.63) is 24.3 Å². The molecule has 0 saturated heterocycles. The third-order valence-corrected chi connectivity index (χ3v) is 12.7. The number of ether oxygens (including phenoxy) is 1. The molecule has 0 heterocycles. The van der Waals surface area contributed by atoms with Crippen LogP contribution in [-0.4, -0.2) is 182 Å². The van der Waals surface area contributed by atoms with Gasteiger partial charge in [-0.15, -0.1) is 0 Å². The van der Waals surface area contributed by atoms with Crippen molar-refractivity contribution in [1.82, 2.24) is 47.3 Å². The summed E-state index contributed by atoms with van der Waals surface area (Å²) >= 11 is 0. The van der Waals surface area contributed by atoms with Crippen LogP contribution in [0.1, 0.15) is 86.0 Å². The molecule has 0 aromatic heterocycles. The van der Waals surface area contributed by atoms with Crippen LogP contribution in [0.5, 0.6) is 5.75 Å². The molecule has 22 N–H and O–H groups in total. The van der Waals surface area contributed by atoms with Gasteiger partial charge >= 0.3 is 11.9 Å². The van der Waals surface area contributed by atoms with Crippen LogP contribution in [-0.2, 0) is 62.8 Å². The van der Waals surface area contributed by atoms with E-state index in [2.05, 4.69) is 57.2 Å². The smallest absolute Gasteiger partial charge is 0.305 e. The number of carboxylic acids is 2. The summed E-state index contributed by atoms with van der Waals surface area (Å²) in [5.41, 5.74) is 26.9. The number of amides is 9. The van der Waals surface area contributed by atoms with Crippen LogP contribution in [0.25, 0.3) is 0 Å². The number of rotatable bonds is 38. The lowest BCUT2D eigenvalue weighted by atomic mass is 10.0. The number of primary amides is 1. The summed E-state index contributed by atoms with van der Waals surface area (Å²) in [4.78, 5) is 152. The number of carboxylic acid groups (broad SMARTS) is 2. The fourth-order valence-electron chi connectivity index (χ4n) is 7.40. The summed E-state index contributed by atoms with van der Waals surface area (Å²) < 4.78 is 34.3. The highest BCUT2D eigenvalue weighted by Crippen LogP contribution is 2.22. The topological polar surface area (TPSA) is 555 Å². The van der Waals surface area contributed by atoms with E-state index in [-0.39, 0.29) is 75.2 Å². The number of hydrogen-bond acceptors (Lipinski definition) is 17. The summed E-state index contributed by atoms with van der Waals surface area (Å²) in [6.07, 6.45) is -2.45. The highest BCUT2D eigenvalue weighted by molar-refractivity contribution is 7.89. The number of nitrogens with two attached hydrogens (primary N) is 5. The maximum atomic E-state index is 14.1. The maximum absolute atomic E-state index is 14.1. The molecule has 34 heteroatoms. The first-order valence-corrected chi connectivity index (χ1v) is 26.8. The standard InChI is InChI=1S/C47H78N16O17S/c1-23(2)17-28(40(72)57-26(38(48)70)11-9-15-53-46(49)50)59-45(77)33(22-64)63-43(75)31(20-37(68)69)60-41(73)29(18-24(3)4)58-42(74)30(19-36(66)67)61-44(76)32(21-55-81(78,79)35-14-8-7-13-34(35)80-6)62-39(71)27(56-25(5)65)12-10-16-54-47(51)52/h7-8,13-14,23-24,26-33,55,64H,9-12,15-22H2,1-6H3,(H2,48,70)(H,56,65)(H,57,72)(H,58,74)(H,59,77)(H,60,73)(H,61,76)(H,62,71)(H,63,75)(H,66,67)(H,68,69)(H4,49,50,53)(H4,51,52,54)/t26-,27-,28-,29-,30-,31-,32?,33-/m0/s1. The van der Waals surface area contributed by atoms with Crippen molar-refractivity contribution in [2.75, 3.05) is 33.4 Å². The molecular weight excluding hydrogens is 1090 g/mol. The number of benzene rings is 1. The molecule has 0 aliphatic rings.